The topological polar surface area (TPSA) is 98.3 Å². The fourth-order valence-electron chi connectivity index (χ4n) is 2.00. The smallest absolute Gasteiger partial charge is 0.293 e. The number of rotatable bonds is 5. The van der Waals surface area contributed by atoms with Crippen molar-refractivity contribution >= 4 is 17.3 Å². The van der Waals surface area contributed by atoms with Crippen molar-refractivity contribution in [3.05, 3.63) is 69.3 Å². The Hall–Kier alpha value is -2.89. The summed E-state index contributed by atoms with van der Waals surface area (Å²) in [4.78, 5) is 21.6. The third kappa shape index (κ3) is 3.56. The number of amides is 1. The Kier molecular flexibility index (Phi) is 4.18. The van der Waals surface area contributed by atoms with E-state index in [2.05, 4.69) is 5.32 Å². The average Bonchev–Trinajstić information content (AvgIpc) is 2.44. The van der Waals surface area contributed by atoms with Crippen molar-refractivity contribution < 1.29 is 9.72 Å². The van der Waals surface area contributed by atoms with Gasteiger partial charge in [-0.1, -0.05) is 29.8 Å². The van der Waals surface area contributed by atoms with Gasteiger partial charge in [0.1, 0.15) is 5.69 Å². The van der Waals surface area contributed by atoms with Crippen LogP contribution in [0.15, 0.2) is 42.5 Å². The van der Waals surface area contributed by atoms with Gasteiger partial charge in [-0.25, -0.2) is 0 Å². The molecule has 0 fully saturated rings. The second kappa shape index (κ2) is 6.04. The highest BCUT2D eigenvalue weighted by Gasteiger charge is 2.16. The van der Waals surface area contributed by atoms with E-state index in [0.29, 0.717) is 12.2 Å². The lowest BCUT2D eigenvalue weighted by molar-refractivity contribution is -0.384. The number of primary amides is 1. The summed E-state index contributed by atoms with van der Waals surface area (Å²) in [7, 11) is 0. The molecule has 1 amide bonds. The average molecular weight is 285 g/mol. The number of hydrogen-bond acceptors (Lipinski definition) is 4. The molecule has 6 nitrogen and oxygen atoms in total. The zero-order valence-corrected chi connectivity index (χ0v) is 11.5. The normalized spacial score (nSPS) is 10.1. The fraction of sp³-hybridized carbons (Fsp3) is 0.133. The van der Waals surface area contributed by atoms with Crippen LogP contribution in [0.25, 0.3) is 0 Å². The molecule has 0 aliphatic rings. The fourth-order valence-corrected chi connectivity index (χ4v) is 2.00. The van der Waals surface area contributed by atoms with Crippen LogP contribution in [0.4, 0.5) is 11.4 Å². The van der Waals surface area contributed by atoms with Crippen LogP contribution in [0.2, 0.25) is 0 Å². The maximum absolute atomic E-state index is 11.1. The lowest BCUT2D eigenvalue weighted by Crippen LogP contribution is -2.12. The lowest BCUT2D eigenvalue weighted by Gasteiger charge is -2.08. The van der Waals surface area contributed by atoms with Gasteiger partial charge in [-0.2, -0.15) is 0 Å². The summed E-state index contributed by atoms with van der Waals surface area (Å²) in [6.07, 6.45) is 0. The number of anilines is 1. The molecule has 0 saturated heterocycles. The van der Waals surface area contributed by atoms with Crippen molar-refractivity contribution in [2.75, 3.05) is 5.32 Å². The first-order valence-corrected chi connectivity index (χ1v) is 6.35. The minimum atomic E-state index is -0.691. The summed E-state index contributed by atoms with van der Waals surface area (Å²) in [5, 5.41) is 14.1. The quantitative estimate of drug-likeness (QED) is 0.651. The van der Waals surface area contributed by atoms with E-state index in [1.54, 1.807) is 0 Å². The summed E-state index contributed by atoms with van der Waals surface area (Å²) in [5.41, 5.74) is 7.57. The lowest BCUT2D eigenvalue weighted by atomic mass is 10.1. The zero-order chi connectivity index (χ0) is 15.4. The van der Waals surface area contributed by atoms with Crippen LogP contribution in [0.1, 0.15) is 21.5 Å². The van der Waals surface area contributed by atoms with Gasteiger partial charge in [0.2, 0.25) is 5.91 Å². The summed E-state index contributed by atoms with van der Waals surface area (Å²) < 4.78 is 0. The van der Waals surface area contributed by atoms with Crippen LogP contribution >= 0.6 is 0 Å². The van der Waals surface area contributed by atoms with Crippen LogP contribution in [0.3, 0.4) is 0 Å². The van der Waals surface area contributed by atoms with Gasteiger partial charge in [-0.05, 0) is 24.6 Å². The summed E-state index contributed by atoms with van der Waals surface area (Å²) in [6.45, 7) is 2.44. The molecule has 0 heterocycles. The minimum Gasteiger partial charge on any atom is -0.375 e. The molecule has 21 heavy (non-hydrogen) atoms. The molecule has 0 bridgehead atoms. The van der Waals surface area contributed by atoms with E-state index in [9.17, 15) is 14.9 Å². The highest BCUT2D eigenvalue weighted by Crippen LogP contribution is 2.26. The van der Waals surface area contributed by atoms with E-state index in [-0.39, 0.29) is 11.3 Å². The third-order valence-electron chi connectivity index (χ3n) is 3.04. The standard InChI is InChI=1S/C15H15N3O3/c1-10-3-2-4-11(7-10)9-17-13-6-5-12(15(16)19)8-14(13)18(20)21/h2-8,17H,9H2,1H3,(H2,16,19). The predicted molar refractivity (Wildman–Crippen MR) is 80.1 cm³/mol. The van der Waals surface area contributed by atoms with Gasteiger partial charge in [0.05, 0.1) is 4.92 Å². The van der Waals surface area contributed by atoms with Gasteiger partial charge in [-0.3, -0.25) is 14.9 Å². The number of nitrogens with two attached hydrogens (primary N) is 1. The van der Waals surface area contributed by atoms with Crippen LogP contribution < -0.4 is 11.1 Å². The van der Waals surface area contributed by atoms with E-state index in [1.807, 2.05) is 31.2 Å². The van der Waals surface area contributed by atoms with Crippen LogP contribution in [-0.2, 0) is 6.54 Å². The molecule has 0 atom stereocenters. The Morgan fingerprint density at radius 1 is 1.29 bits per heavy atom. The monoisotopic (exact) mass is 285 g/mol. The molecule has 2 aromatic rings. The van der Waals surface area contributed by atoms with E-state index < -0.39 is 10.8 Å². The van der Waals surface area contributed by atoms with Crippen LogP contribution in [0, 0.1) is 17.0 Å². The maximum atomic E-state index is 11.1. The number of benzene rings is 2. The van der Waals surface area contributed by atoms with Gasteiger partial charge in [0.15, 0.2) is 0 Å². The molecule has 0 saturated carbocycles. The molecule has 0 spiro atoms. The number of aryl methyl sites for hydroxylation is 1. The molecule has 6 heteroatoms. The van der Waals surface area contributed by atoms with Crippen LogP contribution in [-0.4, -0.2) is 10.8 Å². The first-order chi connectivity index (χ1) is 9.97. The summed E-state index contributed by atoms with van der Waals surface area (Å²) in [6, 6.07) is 12.0. The summed E-state index contributed by atoms with van der Waals surface area (Å²) in [5.74, 6) is -0.691. The number of nitrogens with one attached hydrogen (secondary N) is 1. The van der Waals surface area contributed by atoms with Gasteiger partial charge in [0, 0.05) is 18.2 Å². The van der Waals surface area contributed by atoms with Crippen molar-refractivity contribution in [2.24, 2.45) is 5.73 Å². The first kappa shape index (κ1) is 14.5. The molecule has 0 unspecified atom stereocenters. The van der Waals surface area contributed by atoms with Gasteiger partial charge < -0.3 is 11.1 Å². The molecule has 2 aromatic carbocycles. The largest absolute Gasteiger partial charge is 0.375 e. The van der Waals surface area contributed by atoms with Crippen molar-refractivity contribution in [2.45, 2.75) is 13.5 Å². The third-order valence-corrected chi connectivity index (χ3v) is 3.04. The maximum Gasteiger partial charge on any atom is 0.293 e. The van der Waals surface area contributed by atoms with E-state index in [0.717, 1.165) is 11.1 Å². The molecule has 0 radical (unpaired) electrons. The second-order valence-electron chi connectivity index (χ2n) is 4.70. The van der Waals surface area contributed by atoms with Gasteiger partial charge in [0.25, 0.3) is 5.69 Å². The number of hydrogen-bond donors (Lipinski definition) is 2. The molecule has 0 aliphatic heterocycles. The summed E-state index contributed by atoms with van der Waals surface area (Å²) >= 11 is 0. The van der Waals surface area contributed by atoms with E-state index >= 15 is 0 Å². The molecular formula is C15H15N3O3. The Balaban J connectivity index is 2.23. The number of carbonyl (C=O) groups excluding carboxylic acids is 1. The zero-order valence-electron chi connectivity index (χ0n) is 11.5. The Morgan fingerprint density at radius 3 is 2.67 bits per heavy atom. The molecule has 0 aliphatic carbocycles. The van der Waals surface area contributed by atoms with Gasteiger partial charge >= 0.3 is 0 Å². The van der Waals surface area contributed by atoms with Crippen molar-refractivity contribution in [3.8, 4) is 0 Å². The number of nitrogens with zero attached hydrogens (tertiary/aromatic N) is 1. The van der Waals surface area contributed by atoms with Crippen molar-refractivity contribution in [3.63, 3.8) is 0 Å². The minimum absolute atomic E-state index is 0.114. The Morgan fingerprint density at radius 2 is 2.05 bits per heavy atom. The van der Waals surface area contributed by atoms with Crippen molar-refractivity contribution in [1.29, 1.82) is 0 Å². The SMILES string of the molecule is Cc1cccc(CNc2ccc(C(N)=O)cc2[N+](=O)[O-])c1. The second-order valence-corrected chi connectivity index (χ2v) is 4.70. The number of carbonyl (C=O) groups is 1. The first-order valence-electron chi connectivity index (χ1n) is 6.35. The molecule has 3 N–H and O–H groups in total. The number of nitro benzene ring substituents is 1. The van der Waals surface area contributed by atoms with Crippen LogP contribution in [0.5, 0.6) is 0 Å². The Bertz CT molecular complexity index is 698. The Labute approximate surface area is 121 Å². The highest BCUT2D eigenvalue weighted by atomic mass is 16.6. The number of nitro groups is 1. The molecule has 2 rings (SSSR count). The molecule has 108 valence electrons. The predicted octanol–water partition coefficient (Wildman–Crippen LogP) is 2.61. The van der Waals surface area contributed by atoms with Gasteiger partial charge in [-0.15, -0.1) is 0 Å². The van der Waals surface area contributed by atoms with E-state index in [1.165, 1.54) is 18.2 Å². The molecule has 0 aromatic heterocycles. The molecular weight excluding hydrogens is 270 g/mol. The highest BCUT2D eigenvalue weighted by molar-refractivity contribution is 5.94. The van der Waals surface area contributed by atoms with E-state index in [4.69, 9.17) is 5.73 Å². The van der Waals surface area contributed by atoms with Crippen molar-refractivity contribution in [1.82, 2.24) is 0 Å².